The van der Waals surface area contributed by atoms with Gasteiger partial charge in [0.05, 0.1) is 17.4 Å². The van der Waals surface area contributed by atoms with Crippen LogP contribution in [0, 0.1) is 25.7 Å². The molecule has 214 valence electrons. The van der Waals surface area contributed by atoms with Gasteiger partial charge in [0.15, 0.2) is 0 Å². The molecule has 5 atom stereocenters. The zero-order valence-corrected chi connectivity index (χ0v) is 23.8. The number of ether oxygens (including phenoxy) is 1. The zero-order chi connectivity index (χ0) is 28.9. The normalized spacial score (nSPS) is 30.8. The summed E-state index contributed by atoms with van der Waals surface area (Å²) >= 11 is 0. The van der Waals surface area contributed by atoms with E-state index < -0.39 is 29.1 Å². The highest BCUT2D eigenvalue weighted by Gasteiger charge is 2.74. The van der Waals surface area contributed by atoms with Crippen LogP contribution in [0.1, 0.15) is 30.0 Å². The highest BCUT2D eigenvalue weighted by Crippen LogP contribution is 2.57. The number of rotatable bonds is 6. The number of carbonyl (C=O) groups is 3. The van der Waals surface area contributed by atoms with Crippen molar-refractivity contribution >= 4 is 23.4 Å². The van der Waals surface area contributed by atoms with Crippen LogP contribution in [0.2, 0.25) is 0 Å². The molecule has 4 aliphatic rings. The maximum absolute atomic E-state index is 14.6. The van der Waals surface area contributed by atoms with Crippen molar-refractivity contribution in [2.75, 3.05) is 31.1 Å². The van der Waals surface area contributed by atoms with E-state index in [4.69, 9.17) is 4.74 Å². The average Bonchev–Trinajstić information content (AvgIpc) is 3.22. The predicted molar refractivity (Wildman–Crippen MR) is 155 cm³/mol. The molecule has 2 saturated heterocycles. The van der Waals surface area contributed by atoms with E-state index in [0.717, 1.165) is 22.4 Å². The van der Waals surface area contributed by atoms with Gasteiger partial charge in [0, 0.05) is 38.5 Å². The number of fused-ring (bicyclic) bond motifs is 2. The molecule has 0 bridgehead atoms. The summed E-state index contributed by atoms with van der Waals surface area (Å²) in [6.07, 6.45) is 7.94. The second-order valence-electron chi connectivity index (χ2n) is 11.8. The van der Waals surface area contributed by atoms with Crippen molar-refractivity contribution in [1.82, 2.24) is 9.80 Å². The summed E-state index contributed by atoms with van der Waals surface area (Å²) in [6.45, 7) is 7.04. The van der Waals surface area contributed by atoms with E-state index >= 15 is 0 Å². The minimum atomic E-state index is -1.32. The van der Waals surface area contributed by atoms with Gasteiger partial charge in [0.25, 0.3) is 5.91 Å². The summed E-state index contributed by atoms with van der Waals surface area (Å²) in [6, 6.07) is 14.7. The van der Waals surface area contributed by atoms with Crippen LogP contribution in [-0.2, 0) is 25.7 Å². The number of aliphatic hydroxyl groups is 1. The molecule has 8 nitrogen and oxygen atoms in total. The van der Waals surface area contributed by atoms with Crippen LogP contribution in [0.3, 0.4) is 0 Å². The van der Waals surface area contributed by atoms with Crippen molar-refractivity contribution in [3.05, 3.63) is 89.5 Å². The van der Waals surface area contributed by atoms with E-state index in [1.165, 1.54) is 0 Å². The topological polar surface area (TPSA) is 90.4 Å². The van der Waals surface area contributed by atoms with Crippen molar-refractivity contribution in [2.24, 2.45) is 11.8 Å². The molecular weight excluding hydrogens is 518 g/mol. The van der Waals surface area contributed by atoms with Crippen LogP contribution >= 0.6 is 0 Å². The van der Waals surface area contributed by atoms with Crippen molar-refractivity contribution in [3.63, 3.8) is 0 Å². The number of hydrogen-bond acceptors (Lipinski definition) is 5. The van der Waals surface area contributed by atoms with Crippen molar-refractivity contribution in [2.45, 2.75) is 51.0 Å². The molecule has 2 fully saturated rings. The van der Waals surface area contributed by atoms with Crippen molar-refractivity contribution in [1.29, 1.82) is 0 Å². The first-order valence-electron chi connectivity index (χ1n) is 14.4. The first-order valence-corrected chi connectivity index (χ1v) is 14.4. The third-order valence-corrected chi connectivity index (χ3v) is 9.12. The van der Waals surface area contributed by atoms with E-state index in [1.807, 2.05) is 93.6 Å². The Kier molecular flexibility index (Phi) is 6.86. The molecule has 0 saturated carbocycles. The number of anilines is 1. The van der Waals surface area contributed by atoms with E-state index in [9.17, 15) is 19.5 Å². The highest BCUT2D eigenvalue weighted by atomic mass is 16.5. The Labute approximate surface area is 240 Å². The van der Waals surface area contributed by atoms with Gasteiger partial charge in [0.2, 0.25) is 11.8 Å². The van der Waals surface area contributed by atoms with Crippen LogP contribution in [0.5, 0.6) is 0 Å². The Balaban J connectivity index is 1.44. The number of aliphatic hydroxyl groups excluding tert-OH is 1. The first kappa shape index (κ1) is 27.4. The van der Waals surface area contributed by atoms with Crippen LogP contribution < -0.4 is 4.90 Å². The lowest BCUT2D eigenvalue weighted by Crippen LogP contribution is -2.56. The third-order valence-electron chi connectivity index (χ3n) is 9.12. The molecule has 6 rings (SSSR count). The quantitative estimate of drug-likeness (QED) is 0.553. The first-order chi connectivity index (χ1) is 19.7. The summed E-state index contributed by atoms with van der Waals surface area (Å²) in [4.78, 5) is 48.4. The minimum absolute atomic E-state index is 0.118. The predicted octanol–water partition coefficient (Wildman–Crippen LogP) is 3.16. The molecular formula is C33H37N3O5. The Morgan fingerprint density at radius 1 is 0.878 bits per heavy atom. The van der Waals surface area contributed by atoms with Gasteiger partial charge >= 0.3 is 0 Å². The fraction of sp³-hybridized carbons (Fsp3) is 0.424. The number of aryl methyl sites for hydroxylation is 2. The Hall–Kier alpha value is -3.75. The lowest BCUT2D eigenvalue weighted by molar-refractivity contribution is -0.149. The Bertz CT molecular complexity index is 1420. The fourth-order valence-corrected chi connectivity index (χ4v) is 7.43. The molecule has 3 amide bonds. The van der Waals surface area contributed by atoms with Crippen molar-refractivity contribution < 1.29 is 24.2 Å². The van der Waals surface area contributed by atoms with Gasteiger partial charge in [-0.3, -0.25) is 14.4 Å². The van der Waals surface area contributed by atoms with Crippen molar-refractivity contribution in [3.8, 4) is 0 Å². The van der Waals surface area contributed by atoms with Gasteiger partial charge in [-0.05, 0) is 43.9 Å². The SMILES string of the molecule is Cc1cccc(C)c1N1CC=C[C@]23O[C@]4(C)C=CCN(Cc5ccccc5)C(=O)[C@@H]4[C@H]2C(=O)N(CCCO)C3C1=O. The number of amides is 3. The molecule has 0 aliphatic carbocycles. The number of hydrogen-bond donors (Lipinski definition) is 1. The summed E-state index contributed by atoms with van der Waals surface area (Å²) in [7, 11) is 0. The lowest BCUT2D eigenvalue weighted by Gasteiger charge is -2.38. The highest BCUT2D eigenvalue weighted by molar-refractivity contribution is 6.06. The van der Waals surface area contributed by atoms with E-state index in [-0.39, 0.29) is 30.9 Å². The average molecular weight is 556 g/mol. The van der Waals surface area contributed by atoms with E-state index in [2.05, 4.69) is 0 Å². The molecule has 41 heavy (non-hydrogen) atoms. The molecule has 8 heteroatoms. The molecule has 1 unspecified atom stereocenters. The molecule has 2 aromatic rings. The Morgan fingerprint density at radius 3 is 2.29 bits per heavy atom. The molecule has 0 radical (unpaired) electrons. The second kappa shape index (κ2) is 10.3. The Morgan fingerprint density at radius 2 is 1.59 bits per heavy atom. The molecule has 4 aliphatic heterocycles. The summed E-state index contributed by atoms with van der Waals surface area (Å²) in [5.74, 6) is -2.34. The largest absolute Gasteiger partial charge is 0.396 e. The van der Waals surface area contributed by atoms with Gasteiger partial charge in [-0.1, -0.05) is 72.8 Å². The standard InChI is InChI=1S/C33H37N3O5/c1-22-11-7-12-23(2)27(22)35-18-9-16-33-26(30(39)36(19-10-20-37)28(33)31(35)40)25-29(38)34(17-8-15-32(25,3)41-33)21-24-13-5-4-6-14-24/h4-9,11-16,25-26,28,37H,10,17-21H2,1-3H3/t25-,26-,28?,32+,33-/m0/s1. The maximum Gasteiger partial charge on any atom is 0.253 e. The fourth-order valence-electron chi connectivity index (χ4n) is 7.43. The molecule has 0 aromatic heterocycles. The van der Waals surface area contributed by atoms with E-state index in [0.29, 0.717) is 26.1 Å². The number of para-hydroxylation sites is 1. The smallest absolute Gasteiger partial charge is 0.253 e. The number of nitrogens with zero attached hydrogens (tertiary/aromatic N) is 3. The van der Waals surface area contributed by atoms with Crippen LogP contribution in [0.25, 0.3) is 0 Å². The lowest BCUT2D eigenvalue weighted by atomic mass is 9.74. The van der Waals surface area contributed by atoms with Gasteiger partial charge in [-0.25, -0.2) is 0 Å². The van der Waals surface area contributed by atoms with E-state index in [1.54, 1.807) is 14.7 Å². The minimum Gasteiger partial charge on any atom is -0.396 e. The maximum atomic E-state index is 14.6. The molecule has 1 spiro atoms. The zero-order valence-electron chi connectivity index (χ0n) is 23.8. The molecule has 2 aromatic carbocycles. The van der Waals surface area contributed by atoms with Gasteiger partial charge < -0.3 is 24.5 Å². The number of likely N-dealkylation sites (tertiary alicyclic amines) is 1. The van der Waals surface area contributed by atoms with Gasteiger partial charge in [-0.2, -0.15) is 0 Å². The van der Waals surface area contributed by atoms with Crippen LogP contribution in [-0.4, -0.2) is 76.1 Å². The molecule has 1 N–H and O–H groups in total. The number of carbonyl (C=O) groups excluding carboxylic acids is 3. The third kappa shape index (κ3) is 4.23. The monoisotopic (exact) mass is 555 g/mol. The summed E-state index contributed by atoms with van der Waals surface area (Å²) in [5.41, 5.74) is 1.36. The summed E-state index contributed by atoms with van der Waals surface area (Å²) in [5, 5.41) is 9.67. The van der Waals surface area contributed by atoms with Gasteiger partial charge in [-0.15, -0.1) is 0 Å². The molecule has 4 heterocycles. The second-order valence-corrected chi connectivity index (χ2v) is 11.8. The van der Waals surface area contributed by atoms with Gasteiger partial charge in [0.1, 0.15) is 11.6 Å². The number of benzene rings is 2. The summed E-state index contributed by atoms with van der Waals surface area (Å²) < 4.78 is 6.90. The van der Waals surface area contributed by atoms with Crippen LogP contribution in [0.4, 0.5) is 5.69 Å². The van der Waals surface area contributed by atoms with Crippen LogP contribution in [0.15, 0.2) is 72.8 Å².